The van der Waals surface area contributed by atoms with E-state index in [0.29, 0.717) is 6.54 Å². The Kier molecular flexibility index (Phi) is 4.71. The summed E-state index contributed by atoms with van der Waals surface area (Å²) < 4.78 is 0.981. The molecule has 24 heavy (non-hydrogen) atoms. The third-order valence-electron chi connectivity index (χ3n) is 4.31. The van der Waals surface area contributed by atoms with Gasteiger partial charge in [-0.3, -0.25) is 9.59 Å². The van der Waals surface area contributed by atoms with Crippen molar-refractivity contribution in [1.29, 1.82) is 0 Å². The monoisotopic (exact) mass is 386 g/mol. The first-order valence-corrected chi connectivity index (χ1v) is 8.69. The number of nitrogens with zero attached hydrogens (tertiary/aromatic N) is 2. The largest absolute Gasteiger partial charge is 0.310 e. The summed E-state index contributed by atoms with van der Waals surface area (Å²) in [5.74, 6) is -0.201. The molecule has 124 valence electrons. The van der Waals surface area contributed by atoms with Crippen LogP contribution in [0, 0.1) is 6.92 Å². The molecule has 0 saturated carbocycles. The van der Waals surface area contributed by atoms with Gasteiger partial charge < -0.3 is 9.80 Å². The Bertz CT molecular complexity index is 804. The van der Waals surface area contributed by atoms with E-state index in [1.807, 2.05) is 49.4 Å². The molecule has 0 radical (unpaired) electrons. The maximum absolute atomic E-state index is 12.8. The van der Waals surface area contributed by atoms with Gasteiger partial charge in [0.05, 0.1) is 0 Å². The van der Waals surface area contributed by atoms with Crippen molar-refractivity contribution >= 4 is 39.1 Å². The van der Waals surface area contributed by atoms with Crippen molar-refractivity contribution in [3.8, 4) is 0 Å². The number of aryl methyl sites for hydroxylation is 1. The van der Waals surface area contributed by atoms with Gasteiger partial charge in [-0.25, -0.2) is 0 Å². The van der Waals surface area contributed by atoms with Crippen LogP contribution < -0.4 is 9.80 Å². The number of rotatable bonds is 3. The summed E-state index contributed by atoms with van der Waals surface area (Å²) in [4.78, 5) is 28.2. The number of anilines is 2. The Hall–Kier alpha value is -2.14. The van der Waals surface area contributed by atoms with Gasteiger partial charge in [0.25, 0.3) is 0 Å². The molecule has 2 aromatic carbocycles. The Morgan fingerprint density at radius 3 is 2.67 bits per heavy atom. The Morgan fingerprint density at radius 2 is 1.96 bits per heavy atom. The summed E-state index contributed by atoms with van der Waals surface area (Å²) >= 11 is 3.46. The molecule has 3 rings (SSSR count). The van der Waals surface area contributed by atoms with Gasteiger partial charge in [-0.15, -0.1) is 0 Å². The lowest BCUT2D eigenvalue weighted by Gasteiger charge is -2.25. The lowest BCUT2D eigenvalue weighted by Crippen LogP contribution is -2.41. The van der Waals surface area contributed by atoms with Crippen molar-refractivity contribution in [1.82, 2.24) is 0 Å². The molecular formula is C19H19BrN2O2. The Balaban J connectivity index is 1.83. The molecule has 0 spiro atoms. The van der Waals surface area contributed by atoms with Crippen LogP contribution in [0.4, 0.5) is 11.4 Å². The summed E-state index contributed by atoms with van der Waals surface area (Å²) in [5, 5.41) is 0. The molecule has 1 aliphatic heterocycles. The average Bonchev–Trinajstić information content (AvgIpc) is 2.99. The molecule has 1 heterocycles. The first-order chi connectivity index (χ1) is 11.5. The van der Waals surface area contributed by atoms with Gasteiger partial charge in [0.15, 0.2) is 0 Å². The first-order valence-electron chi connectivity index (χ1n) is 7.90. The molecule has 1 aliphatic rings. The fourth-order valence-corrected chi connectivity index (χ4v) is 3.25. The zero-order valence-corrected chi connectivity index (χ0v) is 15.3. The number of hydrogen-bond donors (Lipinski definition) is 0. The molecule has 0 fully saturated rings. The minimum atomic E-state index is -0.141. The standard InChI is InChI=1S/C19H19BrN2O2/c1-13-11-16(7-8-17(13)20)22(14(2)23)12-19(24)21-10-9-15-5-3-4-6-18(15)21/h3-8,11H,9-10,12H2,1-2H3. The SMILES string of the molecule is CC(=O)N(CC(=O)N1CCc2ccccc21)c1ccc(Br)c(C)c1. The van der Waals surface area contributed by atoms with Gasteiger partial charge in [0.2, 0.25) is 11.8 Å². The number of para-hydroxylation sites is 1. The molecule has 0 N–H and O–H groups in total. The fourth-order valence-electron chi connectivity index (χ4n) is 3.00. The van der Waals surface area contributed by atoms with Crippen molar-refractivity contribution < 1.29 is 9.59 Å². The smallest absolute Gasteiger partial charge is 0.247 e. The third-order valence-corrected chi connectivity index (χ3v) is 5.20. The predicted molar refractivity (Wildman–Crippen MR) is 99.4 cm³/mol. The van der Waals surface area contributed by atoms with Crippen molar-refractivity contribution in [2.45, 2.75) is 20.3 Å². The summed E-state index contributed by atoms with van der Waals surface area (Å²) in [6.45, 7) is 4.17. The van der Waals surface area contributed by atoms with Crippen molar-refractivity contribution in [3.63, 3.8) is 0 Å². The summed E-state index contributed by atoms with van der Waals surface area (Å²) in [7, 11) is 0. The van der Waals surface area contributed by atoms with E-state index in [1.165, 1.54) is 17.4 Å². The van der Waals surface area contributed by atoms with E-state index in [1.54, 1.807) is 4.90 Å². The zero-order chi connectivity index (χ0) is 17.3. The van der Waals surface area contributed by atoms with E-state index < -0.39 is 0 Å². The Labute approximate surface area is 150 Å². The van der Waals surface area contributed by atoms with Crippen LogP contribution in [0.3, 0.4) is 0 Å². The molecule has 0 aliphatic carbocycles. The van der Waals surface area contributed by atoms with Crippen LogP contribution in [0.2, 0.25) is 0 Å². The highest BCUT2D eigenvalue weighted by Crippen LogP contribution is 2.28. The average molecular weight is 387 g/mol. The van der Waals surface area contributed by atoms with Gasteiger partial charge in [-0.05, 0) is 48.7 Å². The van der Waals surface area contributed by atoms with Crippen LogP contribution in [0.15, 0.2) is 46.9 Å². The second-order valence-corrected chi connectivity index (χ2v) is 6.82. The van der Waals surface area contributed by atoms with Gasteiger partial charge in [0.1, 0.15) is 6.54 Å². The number of carbonyl (C=O) groups is 2. The van der Waals surface area contributed by atoms with Crippen molar-refractivity contribution in [2.24, 2.45) is 0 Å². The highest BCUT2D eigenvalue weighted by Gasteiger charge is 2.26. The molecule has 0 saturated heterocycles. The lowest BCUT2D eigenvalue weighted by molar-refractivity contribution is -0.121. The molecule has 0 bridgehead atoms. The number of fused-ring (bicyclic) bond motifs is 1. The highest BCUT2D eigenvalue weighted by atomic mass is 79.9. The highest BCUT2D eigenvalue weighted by molar-refractivity contribution is 9.10. The van der Waals surface area contributed by atoms with E-state index >= 15 is 0 Å². The van der Waals surface area contributed by atoms with Gasteiger partial charge >= 0.3 is 0 Å². The van der Waals surface area contributed by atoms with E-state index in [9.17, 15) is 9.59 Å². The number of carbonyl (C=O) groups excluding carboxylic acids is 2. The van der Waals surface area contributed by atoms with E-state index in [-0.39, 0.29) is 18.4 Å². The topological polar surface area (TPSA) is 40.6 Å². The fraction of sp³-hybridized carbons (Fsp3) is 0.263. The number of benzene rings is 2. The first kappa shape index (κ1) is 16.7. The number of amides is 2. The maximum atomic E-state index is 12.8. The summed E-state index contributed by atoms with van der Waals surface area (Å²) in [5.41, 5.74) is 3.90. The second-order valence-electron chi connectivity index (χ2n) is 5.96. The molecule has 4 nitrogen and oxygen atoms in total. The molecule has 2 amide bonds. The summed E-state index contributed by atoms with van der Waals surface area (Å²) in [6.07, 6.45) is 0.860. The van der Waals surface area contributed by atoms with E-state index in [0.717, 1.165) is 27.8 Å². The van der Waals surface area contributed by atoms with E-state index in [4.69, 9.17) is 0 Å². The van der Waals surface area contributed by atoms with Crippen LogP contribution in [-0.4, -0.2) is 24.9 Å². The van der Waals surface area contributed by atoms with Crippen LogP contribution >= 0.6 is 15.9 Å². The predicted octanol–water partition coefficient (Wildman–Crippen LogP) is 3.70. The molecule has 5 heteroatoms. The number of hydrogen-bond acceptors (Lipinski definition) is 2. The maximum Gasteiger partial charge on any atom is 0.247 e. The van der Waals surface area contributed by atoms with Crippen LogP contribution in [0.25, 0.3) is 0 Å². The van der Waals surface area contributed by atoms with Crippen LogP contribution in [0.1, 0.15) is 18.1 Å². The van der Waals surface area contributed by atoms with Crippen LogP contribution in [-0.2, 0) is 16.0 Å². The quantitative estimate of drug-likeness (QED) is 0.806. The molecular weight excluding hydrogens is 368 g/mol. The van der Waals surface area contributed by atoms with Crippen molar-refractivity contribution in [2.75, 3.05) is 22.9 Å². The molecule has 0 unspecified atom stereocenters. The molecule has 0 aromatic heterocycles. The molecule has 2 aromatic rings. The molecule has 0 atom stereocenters. The third kappa shape index (κ3) is 3.22. The minimum absolute atomic E-state index is 0.0464. The van der Waals surface area contributed by atoms with Gasteiger partial charge in [-0.2, -0.15) is 0 Å². The lowest BCUT2D eigenvalue weighted by atomic mass is 10.2. The van der Waals surface area contributed by atoms with Gasteiger partial charge in [-0.1, -0.05) is 34.1 Å². The second kappa shape index (κ2) is 6.77. The van der Waals surface area contributed by atoms with Crippen LogP contribution in [0.5, 0.6) is 0 Å². The number of halogens is 1. The minimum Gasteiger partial charge on any atom is -0.310 e. The normalized spacial score (nSPS) is 12.9. The Morgan fingerprint density at radius 1 is 1.21 bits per heavy atom. The van der Waals surface area contributed by atoms with E-state index in [2.05, 4.69) is 15.9 Å². The van der Waals surface area contributed by atoms with Gasteiger partial charge in [0, 0.05) is 29.3 Å². The van der Waals surface area contributed by atoms with Crippen molar-refractivity contribution in [3.05, 3.63) is 58.1 Å². The zero-order valence-electron chi connectivity index (χ0n) is 13.8. The summed E-state index contributed by atoms with van der Waals surface area (Å²) in [6, 6.07) is 13.6.